The van der Waals surface area contributed by atoms with Crippen molar-refractivity contribution in [3.05, 3.63) is 65.2 Å². The molecule has 226 valence electrons. The zero-order valence-corrected chi connectivity index (χ0v) is 24.8. The highest BCUT2D eigenvalue weighted by atomic mass is 19.4. The van der Waals surface area contributed by atoms with Crippen molar-refractivity contribution < 1.29 is 32.6 Å². The van der Waals surface area contributed by atoms with E-state index >= 15 is 0 Å². The van der Waals surface area contributed by atoms with E-state index in [0.29, 0.717) is 11.3 Å². The summed E-state index contributed by atoms with van der Waals surface area (Å²) in [6.45, 7) is 16.7. The smallest absolute Gasteiger partial charge is 0.490 e. The Balaban J connectivity index is 0.000000587. The Hall–Kier alpha value is -3.07. The van der Waals surface area contributed by atoms with Crippen molar-refractivity contribution in [1.29, 1.82) is 0 Å². The topological polar surface area (TPSA) is 70.1 Å². The third-order valence-electron chi connectivity index (χ3n) is 7.81. The van der Waals surface area contributed by atoms with E-state index in [4.69, 9.17) is 14.6 Å². The van der Waals surface area contributed by atoms with E-state index in [1.165, 1.54) is 17.5 Å². The summed E-state index contributed by atoms with van der Waals surface area (Å²) in [5, 5.41) is 7.12. The van der Waals surface area contributed by atoms with Gasteiger partial charge in [0.05, 0.1) is 6.61 Å². The second kappa shape index (κ2) is 13.3. The number of halogens is 3. The van der Waals surface area contributed by atoms with Gasteiger partial charge in [-0.1, -0.05) is 65.0 Å². The molecule has 0 atom stereocenters. The summed E-state index contributed by atoms with van der Waals surface area (Å²) in [6, 6.07) is 16.7. The number of alkyl halides is 3. The lowest BCUT2D eigenvalue weighted by Gasteiger charge is -2.39. The summed E-state index contributed by atoms with van der Waals surface area (Å²) in [4.78, 5) is 26.7. The number of carbonyl (C=O) groups is 2. The van der Waals surface area contributed by atoms with Gasteiger partial charge in [0, 0.05) is 37.3 Å². The van der Waals surface area contributed by atoms with Gasteiger partial charge in [-0.05, 0) is 66.3 Å². The van der Waals surface area contributed by atoms with Gasteiger partial charge in [-0.3, -0.25) is 9.69 Å². The zero-order chi connectivity index (χ0) is 30.4. The van der Waals surface area contributed by atoms with Crippen LogP contribution in [0.15, 0.2) is 48.5 Å². The average Bonchev–Trinajstić information content (AvgIpc) is 3.29. The first-order valence-corrected chi connectivity index (χ1v) is 14.2. The first-order valence-electron chi connectivity index (χ1n) is 14.2. The van der Waals surface area contributed by atoms with Gasteiger partial charge in [-0.2, -0.15) is 13.2 Å². The molecular weight excluding hydrogens is 533 g/mol. The van der Waals surface area contributed by atoms with E-state index in [1.54, 1.807) is 0 Å². The number of hydrogen-bond donors (Lipinski definition) is 1. The minimum absolute atomic E-state index is 0.106. The molecule has 2 aliphatic heterocycles. The van der Waals surface area contributed by atoms with Crippen LogP contribution in [-0.2, 0) is 16.8 Å². The van der Waals surface area contributed by atoms with Crippen LogP contribution < -0.4 is 4.74 Å². The van der Waals surface area contributed by atoms with Crippen LogP contribution in [0.2, 0.25) is 0 Å². The fourth-order valence-electron chi connectivity index (χ4n) is 5.32. The fraction of sp³-hybridized carbons (Fsp3) is 0.562. The lowest BCUT2D eigenvalue weighted by atomic mass is 9.77. The number of likely N-dealkylation sites (tertiary alicyclic amines) is 2. The number of ether oxygens (including phenoxy) is 1. The molecule has 0 bridgehead atoms. The van der Waals surface area contributed by atoms with Crippen molar-refractivity contribution in [2.24, 2.45) is 11.3 Å². The van der Waals surface area contributed by atoms with Crippen molar-refractivity contribution in [3.63, 3.8) is 0 Å². The van der Waals surface area contributed by atoms with Gasteiger partial charge >= 0.3 is 12.1 Å². The molecule has 2 heterocycles. The normalized spacial score (nSPS) is 17.3. The maximum atomic E-state index is 13.1. The molecule has 6 nitrogen and oxygen atoms in total. The summed E-state index contributed by atoms with van der Waals surface area (Å²) in [5.41, 5.74) is 3.82. The van der Waals surface area contributed by atoms with Crippen molar-refractivity contribution in [2.45, 2.75) is 72.0 Å². The van der Waals surface area contributed by atoms with Gasteiger partial charge in [0.1, 0.15) is 5.75 Å². The zero-order valence-electron chi connectivity index (χ0n) is 24.8. The number of hydrogen-bond acceptors (Lipinski definition) is 4. The Morgan fingerprint density at radius 1 is 0.951 bits per heavy atom. The summed E-state index contributed by atoms with van der Waals surface area (Å²) >= 11 is 0. The Kier molecular flexibility index (Phi) is 10.5. The van der Waals surface area contributed by atoms with Crippen molar-refractivity contribution in [3.8, 4) is 5.75 Å². The van der Waals surface area contributed by atoms with Crippen LogP contribution >= 0.6 is 0 Å². The number of piperidine rings is 1. The van der Waals surface area contributed by atoms with Gasteiger partial charge in [0.2, 0.25) is 0 Å². The lowest BCUT2D eigenvalue weighted by molar-refractivity contribution is -0.192. The molecule has 41 heavy (non-hydrogen) atoms. The predicted molar refractivity (Wildman–Crippen MR) is 153 cm³/mol. The second-order valence-electron chi connectivity index (χ2n) is 12.7. The van der Waals surface area contributed by atoms with Crippen molar-refractivity contribution in [2.75, 3.05) is 32.8 Å². The minimum Gasteiger partial charge on any atom is -0.493 e. The molecule has 2 fully saturated rings. The lowest BCUT2D eigenvalue weighted by Crippen LogP contribution is -2.44. The van der Waals surface area contributed by atoms with Crippen LogP contribution in [0.25, 0.3) is 0 Å². The Labute approximate surface area is 241 Å². The fourth-order valence-corrected chi connectivity index (χ4v) is 5.32. The number of carboxylic acid groups (broad SMARTS) is 1. The third kappa shape index (κ3) is 9.21. The van der Waals surface area contributed by atoms with Gasteiger partial charge < -0.3 is 14.7 Å². The molecular formula is C32H43F3N2O4. The van der Waals surface area contributed by atoms with Crippen LogP contribution in [0.1, 0.15) is 75.4 Å². The molecule has 2 aromatic carbocycles. The maximum absolute atomic E-state index is 13.1. The molecule has 0 unspecified atom stereocenters. The number of carboxylic acids is 1. The largest absolute Gasteiger partial charge is 0.493 e. The van der Waals surface area contributed by atoms with Crippen LogP contribution in [-0.4, -0.2) is 65.7 Å². The van der Waals surface area contributed by atoms with E-state index < -0.39 is 12.1 Å². The molecule has 0 aromatic heterocycles. The molecule has 9 heteroatoms. The number of nitrogens with zero attached hydrogens (tertiary/aromatic N) is 2. The highest BCUT2D eigenvalue weighted by Gasteiger charge is 2.41. The number of aliphatic carboxylic acids is 1. The van der Waals surface area contributed by atoms with E-state index in [-0.39, 0.29) is 11.3 Å². The van der Waals surface area contributed by atoms with E-state index in [1.807, 2.05) is 12.1 Å². The molecule has 4 rings (SSSR count). The van der Waals surface area contributed by atoms with Crippen LogP contribution in [0.4, 0.5) is 13.2 Å². The molecule has 0 aliphatic carbocycles. The van der Waals surface area contributed by atoms with Crippen molar-refractivity contribution in [1.82, 2.24) is 9.80 Å². The van der Waals surface area contributed by atoms with E-state index in [2.05, 4.69) is 80.8 Å². The van der Waals surface area contributed by atoms with Gasteiger partial charge in [0.15, 0.2) is 0 Å². The molecule has 0 radical (unpaired) electrons. The van der Waals surface area contributed by atoms with Gasteiger partial charge in [0.25, 0.3) is 5.91 Å². The van der Waals surface area contributed by atoms with Gasteiger partial charge in [-0.25, -0.2) is 4.79 Å². The highest BCUT2D eigenvalue weighted by molar-refractivity contribution is 5.94. The Morgan fingerprint density at radius 2 is 1.51 bits per heavy atom. The maximum Gasteiger partial charge on any atom is 0.490 e. The number of benzene rings is 2. The summed E-state index contributed by atoms with van der Waals surface area (Å²) < 4.78 is 37.8. The number of para-hydroxylation sites is 1. The summed E-state index contributed by atoms with van der Waals surface area (Å²) in [7, 11) is 0. The number of carbonyl (C=O) groups excluding carboxylic acids is 1. The van der Waals surface area contributed by atoms with E-state index in [0.717, 1.165) is 63.5 Å². The molecule has 2 saturated heterocycles. The molecule has 0 saturated carbocycles. The minimum atomic E-state index is -5.08. The average molecular weight is 577 g/mol. The van der Waals surface area contributed by atoms with Gasteiger partial charge in [-0.15, -0.1) is 0 Å². The van der Waals surface area contributed by atoms with Crippen LogP contribution in [0, 0.1) is 11.3 Å². The monoisotopic (exact) mass is 576 g/mol. The first-order chi connectivity index (χ1) is 19.1. The summed E-state index contributed by atoms with van der Waals surface area (Å²) in [6.07, 6.45) is -1.66. The number of amides is 1. The second-order valence-corrected chi connectivity index (χ2v) is 12.7. The summed E-state index contributed by atoms with van der Waals surface area (Å²) in [5.74, 6) is -1.03. The van der Waals surface area contributed by atoms with Crippen LogP contribution in [0.5, 0.6) is 5.75 Å². The SMILES string of the molecule is CC(C)COc1ccccc1CN1CCC2(CCN(C(=O)c3ccc(C(C)(C)C)cc3)CC2)C1.O=C(O)C(F)(F)F. The third-order valence-corrected chi connectivity index (χ3v) is 7.81. The first kappa shape index (κ1) is 32.4. The number of rotatable bonds is 6. The highest BCUT2D eigenvalue weighted by Crippen LogP contribution is 2.41. The van der Waals surface area contributed by atoms with Crippen LogP contribution in [0.3, 0.4) is 0 Å². The van der Waals surface area contributed by atoms with Crippen molar-refractivity contribution >= 4 is 11.9 Å². The Bertz CT molecular complexity index is 1160. The molecule has 1 N–H and O–H groups in total. The molecule has 1 amide bonds. The molecule has 1 spiro atoms. The molecule has 2 aliphatic rings. The quantitative estimate of drug-likeness (QED) is 0.411. The predicted octanol–water partition coefficient (Wildman–Crippen LogP) is 6.78. The Morgan fingerprint density at radius 3 is 2.05 bits per heavy atom. The standard InChI is InChI=1S/C30H42N2O2.C2HF3O2/c1-23(2)21-34-27-9-7-6-8-25(27)20-31-17-14-30(22-31)15-18-32(19-16-30)28(33)24-10-12-26(13-11-24)29(3,4)5;3-2(4,5)1(6)7/h6-13,23H,14-22H2,1-5H3;(H,6,7). The van der Waals surface area contributed by atoms with E-state index in [9.17, 15) is 18.0 Å². The molecule has 2 aromatic rings.